The third kappa shape index (κ3) is 2.29. The second-order valence-electron chi connectivity index (χ2n) is 3.68. The smallest absolute Gasteiger partial charge is 0.409 e. The number of hydrogen-bond acceptors (Lipinski definition) is 4. The molecule has 2 rings (SSSR count). The van der Waals surface area contributed by atoms with Crippen LogP contribution in [0, 0.1) is 0 Å². The summed E-state index contributed by atoms with van der Waals surface area (Å²) in [7, 11) is 0. The van der Waals surface area contributed by atoms with Crippen molar-refractivity contribution in [2.45, 2.75) is 19.8 Å². The van der Waals surface area contributed by atoms with Gasteiger partial charge in [-0.2, -0.15) is 0 Å². The standard InChI is InChI=1S/C11H15N3O2/c1-2-16-11(15)14-5-3-9-7-12-8-13-10(9)4-6-14/h7-8H,2-6H2,1H3. The van der Waals surface area contributed by atoms with Crippen LogP contribution in [0.3, 0.4) is 0 Å². The number of hydrogen-bond donors (Lipinski definition) is 0. The zero-order valence-corrected chi connectivity index (χ0v) is 9.35. The Morgan fingerprint density at radius 3 is 3.12 bits per heavy atom. The minimum atomic E-state index is -0.233. The van der Waals surface area contributed by atoms with Crippen molar-refractivity contribution in [2.24, 2.45) is 0 Å². The van der Waals surface area contributed by atoms with Gasteiger partial charge < -0.3 is 9.64 Å². The van der Waals surface area contributed by atoms with E-state index in [1.807, 2.05) is 13.1 Å². The molecule has 0 N–H and O–H groups in total. The molecule has 0 saturated carbocycles. The molecule has 86 valence electrons. The third-order valence-corrected chi connectivity index (χ3v) is 2.68. The highest BCUT2D eigenvalue weighted by atomic mass is 16.6. The molecule has 1 aromatic rings. The summed E-state index contributed by atoms with van der Waals surface area (Å²) >= 11 is 0. The summed E-state index contributed by atoms with van der Waals surface area (Å²) in [5.74, 6) is 0. The lowest BCUT2D eigenvalue weighted by Crippen LogP contribution is -2.33. The Bertz CT molecular complexity index is 354. The fourth-order valence-electron chi connectivity index (χ4n) is 1.82. The quantitative estimate of drug-likeness (QED) is 0.710. The molecule has 1 aliphatic rings. The van der Waals surface area contributed by atoms with Crippen molar-refractivity contribution >= 4 is 6.09 Å². The molecule has 0 atom stereocenters. The van der Waals surface area contributed by atoms with Crippen LogP contribution in [0.2, 0.25) is 0 Å². The number of carbonyl (C=O) groups is 1. The SMILES string of the molecule is CCOC(=O)N1CCc2cncnc2CC1. The van der Waals surface area contributed by atoms with Gasteiger partial charge in [0.1, 0.15) is 6.33 Å². The van der Waals surface area contributed by atoms with Crippen LogP contribution in [0.25, 0.3) is 0 Å². The first kappa shape index (κ1) is 10.9. The van der Waals surface area contributed by atoms with Crippen LogP contribution in [0.5, 0.6) is 0 Å². The van der Waals surface area contributed by atoms with Crippen molar-refractivity contribution in [3.8, 4) is 0 Å². The Balaban J connectivity index is 2.04. The summed E-state index contributed by atoms with van der Waals surface area (Å²) < 4.78 is 4.99. The molecule has 5 heteroatoms. The topological polar surface area (TPSA) is 55.3 Å². The number of carbonyl (C=O) groups excluding carboxylic acids is 1. The number of fused-ring (bicyclic) bond motifs is 1. The van der Waals surface area contributed by atoms with Gasteiger partial charge in [0, 0.05) is 31.4 Å². The number of aromatic nitrogens is 2. The van der Waals surface area contributed by atoms with E-state index in [2.05, 4.69) is 9.97 Å². The molecule has 0 aliphatic carbocycles. The summed E-state index contributed by atoms with van der Waals surface area (Å²) in [5, 5.41) is 0. The van der Waals surface area contributed by atoms with Crippen LogP contribution in [0.15, 0.2) is 12.5 Å². The van der Waals surface area contributed by atoms with Gasteiger partial charge in [0.2, 0.25) is 0 Å². The summed E-state index contributed by atoms with van der Waals surface area (Å²) in [6, 6.07) is 0. The van der Waals surface area contributed by atoms with E-state index in [9.17, 15) is 4.79 Å². The largest absolute Gasteiger partial charge is 0.450 e. The van der Waals surface area contributed by atoms with Gasteiger partial charge in [-0.3, -0.25) is 0 Å². The molecule has 0 fully saturated rings. The molecule has 1 aliphatic heterocycles. The summed E-state index contributed by atoms with van der Waals surface area (Å²) in [6.07, 6.45) is 4.73. The molecule has 0 aromatic carbocycles. The van der Waals surface area contributed by atoms with Crippen molar-refractivity contribution in [3.05, 3.63) is 23.8 Å². The first-order valence-corrected chi connectivity index (χ1v) is 5.50. The van der Waals surface area contributed by atoms with Gasteiger partial charge in [0.15, 0.2) is 0 Å². The fourth-order valence-corrected chi connectivity index (χ4v) is 1.82. The van der Waals surface area contributed by atoms with E-state index in [1.165, 1.54) is 0 Å². The van der Waals surface area contributed by atoms with Crippen LogP contribution >= 0.6 is 0 Å². The maximum Gasteiger partial charge on any atom is 0.409 e. The Morgan fingerprint density at radius 2 is 2.31 bits per heavy atom. The molecule has 5 nitrogen and oxygen atoms in total. The van der Waals surface area contributed by atoms with Crippen LogP contribution in [-0.2, 0) is 17.6 Å². The van der Waals surface area contributed by atoms with Gasteiger partial charge >= 0.3 is 6.09 Å². The molecule has 1 aromatic heterocycles. The molecular formula is C11H15N3O2. The summed E-state index contributed by atoms with van der Waals surface area (Å²) in [6.45, 7) is 3.58. The maximum atomic E-state index is 11.6. The normalized spacial score (nSPS) is 15.2. The Labute approximate surface area is 94.5 Å². The molecule has 0 radical (unpaired) electrons. The van der Waals surface area contributed by atoms with E-state index in [4.69, 9.17) is 4.74 Å². The molecule has 0 bridgehead atoms. The Morgan fingerprint density at radius 1 is 1.50 bits per heavy atom. The van der Waals surface area contributed by atoms with E-state index in [1.54, 1.807) is 11.2 Å². The molecular weight excluding hydrogens is 206 g/mol. The monoisotopic (exact) mass is 221 g/mol. The van der Waals surface area contributed by atoms with E-state index in [-0.39, 0.29) is 6.09 Å². The molecule has 0 saturated heterocycles. The van der Waals surface area contributed by atoms with Gasteiger partial charge in [0.05, 0.1) is 6.61 Å². The fraction of sp³-hybridized carbons (Fsp3) is 0.545. The number of ether oxygens (including phenoxy) is 1. The second-order valence-corrected chi connectivity index (χ2v) is 3.68. The Hall–Kier alpha value is -1.65. The average Bonchev–Trinajstić information content (AvgIpc) is 2.51. The average molecular weight is 221 g/mol. The minimum Gasteiger partial charge on any atom is -0.450 e. The number of rotatable bonds is 1. The van der Waals surface area contributed by atoms with Gasteiger partial charge in [-0.15, -0.1) is 0 Å². The zero-order chi connectivity index (χ0) is 11.4. The van der Waals surface area contributed by atoms with E-state index < -0.39 is 0 Å². The lowest BCUT2D eigenvalue weighted by molar-refractivity contribution is 0.109. The predicted octanol–water partition coefficient (Wildman–Crippen LogP) is 1.03. The molecule has 0 unspecified atom stereocenters. The summed E-state index contributed by atoms with van der Waals surface area (Å²) in [5.41, 5.74) is 2.18. The second kappa shape index (κ2) is 4.92. The van der Waals surface area contributed by atoms with Gasteiger partial charge in [-0.1, -0.05) is 0 Å². The minimum absolute atomic E-state index is 0.233. The highest BCUT2D eigenvalue weighted by Gasteiger charge is 2.19. The van der Waals surface area contributed by atoms with E-state index >= 15 is 0 Å². The number of amides is 1. The van der Waals surface area contributed by atoms with Crippen molar-refractivity contribution in [1.29, 1.82) is 0 Å². The first-order valence-electron chi connectivity index (χ1n) is 5.50. The molecule has 2 heterocycles. The predicted molar refractivity (Wildman–Crippen MR) is 58.0 cm³/mol. The van der Waals surface area contributed by atoms with Crippen LogP contribution in [0.4, 0.5) is 4.79 Å². The van der Waals surface area contributed by atoms with E-state index in [0.717, 1.165) is 24.1 Å². The highest BCUT2D eigenvalue weighted by Crippen LogP contribution is 2.12. The van der Waals surface area contributed by atoms with Crippen molar-refractivity contribution in [3.63, 3.8) is 0 Å². The van der Waals surface area contributed by atoms with E-state index in [0.29, 0.717) is 19.7 Å². The van der Waals surface area contributed by atoms with Crippen molar-refractivity contribution < 1.29 is 9.53 Å². The Kier molecular flexibility index (Phi) is 3.34. The van der Waals surface area contributed by atoms with Gasteiger partial charge in [0.25, 0.3) is 0 Å². The van der Waals surface area contributed by atoms with Crippen LogP contribution in [-0.4, -0.2) is 40.7 Å². The molecule has 1 amide bonds. The number of nitrogens with zero attached hydrogens (tertiary/aromatic N) is 3. The lowest BCUT2D eigenvalue weighted by atomic mass is 10.1. The van der Waals surface area contributed by atoms with Crippen molar-refractivity contribution in [1.82, 2.24) is 14.9 Å². The summed E-state index contributed by atoms with van der Waals surface area (Å²) in [4.78, 5) is 21.5. The zero-order valence-electron chi connectivity index (χ0n) is 9.35. The van der Waals surface area contributed by atoms with Gasteiger partial charge in [-0.25, -0.2) is 14.8 Å². The first-order chi connectivity index (χ1) is 7.81. The lowest BCUT2D eigenvalue weighted by Gasteiger charge is -2.18. The third-order valence-electron chi connectivity index (χ3n) is 2.68. The maximum absolute atomic E-state index is 11.6. The molecule has 16 heavy (non-hydrogen) atoms. The molecule has 0 spiro atoms. The van der Waals surface area contributed by atoms with Crippen molar-refractivity contribution in [2.75, 3.05) is 19.7 Å². The highest BCUT2D eigenvalue weighted by molar-refractivity contribution is 5.67. The van der Waals surface area contributed by atoms with Crippen LogP contribution in [0.1, 0.15) is 18.2 Å². The van der Waals surface area contributed by atoms with Gasteiger partial charge in [-0.05, 0) is 18.9 Å². The van der Waals surface area contributed by atoms with Crippen LogP contribution < -0.4 is 0 Å².